The Labute approximate surface area is 97.9 Å². The van der Waals surface area contributed by atoms with Crippen LogP contribution in [0.5, 0.6) is 0 Å². The van der Waals surface area contributed by atoms with Crippen LogP contribution in [0.25, 0.3) is 11.5 Å². The fourth-order valence-corrected chi connectivity index (χ4v) is 1.60. The van der Waals surface area contributed by atoms with Crippen LogP contribution in [0, 0.1) is 0 Å². The second-order valence-electron chi connectivity index (χ2n) is 2.95. The van der Waals surface area contributed by atoms with Crippen LogP contribution in [0.3, 0.4) is 0 Å². The molecule has 15 heavy (non-hydrogen) atoms. The lowest BCUT2D eigenvalue weighted by Crippen LogP contribution is -1.84. The van der Waals surface area contributed by atoms with Crippen LogP contribution in [0.1, 0.15) is 5.89 Å². The van der Waals surface area contributed by atoms with Gasteiger partial charge in [0.05, 0.1) is 10.6 Å². The van der Waals surface area contributed by atoms with Crippen LogP contribution in [-0.2, 0) is 6.42 Å². The summed E-state index contributed by atoms with van der Waals surface area (Å²) in [5.74, 6) is 1.72. The third-order valence-corrected chi connectivity index (χ3v) is 2.45. The van der Waals surface area contributed by atoms with E-state index < -0.39 is 0 Å². The van der Waals surface area contributed by atoms with Crippen molar-refractivity contribution < 1.29 is 4.42 Å². The molecule has 78 valence electrons. The van der Waals surface area contributed by atoms with Crippen LogP contribution in [0.15, 0.2) is 28.7 Å². The molecule has 0 fully saturated rings. The molecule has 0 aliphatic rings. The molecule has 0 saturated carbocycles. The second kappa shape index (κ2) is 4.68. The van der Waals surface area contributed by atoms with Crippen molar-refractivity contribution in [1.29, 1.82) is 0 Å². The summed E-state index contributed by atoms with van der Waals surface area (Å²) in [6, 6.07) is 7.38. The maximum atomic E-state index is 6.00. The number of aromatic nitrogens is 2. The third kappa shape index (κ3) is 2.33. The number of nitrogens with zero attached hydrogens (tertiary/aromatic N) is 2. The van der Waals surface area contributed by atoms with Crippen LogP contribution in [0.4, 0.5) is 0 Å². The van der Waals surface area contributed by atoms with E-state index in [4.69, 9.17) is 16.0 Å². The molecule has 0 unspecified atom stereocenters. The standard InChI is InChI=1S/C10H9ClN2OS/c11-8-4-2-1-3-7(8)10-13-12-9(14-10)5-6-15/h1-4,15H,5-6H2. The third-order valence-electron chi connectivity index (χ3n) is 1.90. The van der Waals surface area contributed by atoms with Crippen molar-refractivity contribution in [3.8, 4) is 11.5 Å². The van der Waals surface area contributed by atoms with Crippen molar-refractivity contribution in [3.05, 3.63) is 35.2 Å². The molecule has 3 nitrogen and oxygen atoms in total. The SMILES string of the molecule is SCCc1nnc(-c2ccccc2Cl)o1. The van der Waals surface area contributed by atoms with Crippen molar-refractivity contribution in [2.24, 2.45) is 0 Å². The summed E-state index contributed by atoms with van der Waals surface area (Å²) in [5, 5.41) is 8.44. The van der Waals surface area contributed by atoms with Gasteiger partial charge >= 0.3 is 0 Å². The molecule has 2 rings (SSSR count). The summed E-state index contributed by atoms with van der Waals surface area (Å²) in [7, 11) is 0. The number of hydrogen-bond donors (Lipinski definition) is 1. The minimum absolute atomic E-state index is 0.456. The monoisotopic (exact) mass is 240 g/mol. The number of hydrogen-bond acceptors (Lipinski definition) is 4. The summed E-state index contributed by atoms with van der Waals surface area (Å²) in [6.45, 7) is 0. The smallest absolute Gasteiger partial charge is 0.249 e. The molecule has 0 amide bonds. The van der Waals surface area contributed by atoms with Gasteiger partial charge in [0.2, 0.25) is 11.8 Å². The molecule has 0 bridgehead atoms. The first kappa shape index (κ1) is 10.5. The van der Waals surface area contributed by atoms with Gasteiger partial charge in [0.25, 0.3) is 0 Å². The van der Waals surface area contributed by atoms with Gasteiger partial charge in [-0.2, -0.15) is 12.6 Å². The minimum Gasteiger partial charge on any atom is -0.421 e. The van der Waals surface area contributed by atoms with Crippen molar-refractivity contribution in [2.45, 2.75) is 6.42 Å². The number of aryl methyl sites for hydroxylation is 1. The van der Waals surface area contributed by atoms with Gasteiger partial charge in [-0.25, -0.2) is 0 Å². The lowest BCUT2D eigenvalue weighted by atomic mass is 10.2. The van der Waals surface area contributed by atoms with Gasteiger partial charge in [0, 0.05) is 6.42 Å². The minimum atomic E-state index is 0.456. The molecule has 1 aromatic heterocycles. The fraction of sp³-hybridized carbons (Fsp3) is 0.200. The summed E-state index contributed by atoms with van der Waals surface area (Å²) >= 11 is 10.1. The van der Waals surface area contributed by atoms with Gasteiger partial charge in [-0.1, -0.05) is 23.7 Å². The zero-order valence-corrected chi connectivity index (χ0v) is 9.50. The highest BCUT2D eigenvalue weighted by Crippen LogP contribution is 2.26. The van der Waals surface area contributed by atoms with E-state index >= 15 is 0 Å². The summed E-state index contributed by atoms with van der Waals surface area (Å²) in [6.07, 6.45) is 0.667. The molecule has 0 radical (unpaired) electrons. The fourth-order valence-electron chi connectivity index (χ4n) is 1.19. The van der Waals surface area contributed by atoms with Gasteiger partial charge in [-0.05, 0) is 17.9 Å². The Balaban J connectivity index is 2.33. The molecule has 0 saturated heterocycles. The van der Waals surface area contributed by atoms with Crippen LogP contribution < -0.4 is 0 Å². The van der Waals surface area contributed by atoms with Crippen molar-refractivity contribution >= 4 is 24.2 Å². The predicted octanol–water partition coefficient (Wildman–Crippen LogP) is 2.86. The Morgan fingerprint density at radius 1 is 1.27 bits per heavy atom. The van der Waals surface area contributed by atoms with E-state index in [0.29, 0.717) is 29.0 Å². The van der Waals surface area contributed by atoms with E-state index in [0.717, 1.165) is 5.56 Å². The maximum absolute atomic E-state index is 6.00. The lowest BCUT2D eigenvalue weighted by molar-refractivity contribution is 0.514. The average Bonchev–Trinajstić information content (AvgIpc) is 2.68. The van der Waals surface area contributed by atoms with Crippen molar-refractivity contribution in [3.63, 3.8) is 0 Å². The van der Waals surface area contributed by atoms with Gasteiger partial charge in [0.15, 0.2) is 0 Å². The van der Waals surface area contributed by atoms with Gasteiger partial charge in [-0.15, -0.1) is 10.2 Å². The Hall–Kier alpha value is -1.00. The number of thiol groups is 1. The Morgan fingerprint density at radius 3 is 2.80 bits per heavy atom. The molecule has 0 atom stereocenters. The molecule has 1 aromatic carbocycles. The van der Waals surface area contributed by atoms with E-state index in [1.807, 2.05) is 18.2 Å². The first-order chi connectivity index (χ1) is 7.31. The van der Waals surface area contributed by atoms with Gasteiger partial charge < -0.3 is 4.42 Å². The number of rotatable bonds is 3. The highest BCUT2D eigenvalue weighted by Gasteiger charge is 2.10. The molecule has 0 spiro atoms. The lowest BCUT2D eigenvalue weighted by Gasteiger charge is -1.96. The molecule has 5 heteroatoms. The Morgan fingerprint density at radius 2 is 2.07 bits per heavy atom. The van der Waals surface area contributed by atoms with Crippen LogP contribution in [0.2, 0.25) is 5.02 Å². The van der Waals surface area contributed by atoms with Crippen molar-refractivity contribution in [1.82, 2.24) is 10.2 Å². The normalized spacial score (nSPS) is 10.5. The second-order valence-corrected chi connectivity index (χ2v) is 3.81. The zero-order valence-electron chi connectivity index (χ0n) is 7.85. The van der Waals surface area contributed by atoms with Gasteiger partial charge in [0.1, 0.15) is 0 Å². The summed E-state index contributed by atoms with van der Waals surface area (Å²) < 4.78 is 5.44. The van der Waals surface area contributed by atoms with Crippen LogP contribution in [-0.4, -0.2) is 16.0 Å². The van der Waals surface area contributed by atoms with E-state index in [1.54, 1.807) is 6.07 Å². The molecular formula is C10H9ClN2OS. The predicted molar refractivity (Wildman–Crippen MR) is 62.3 cm³/mol. The molecule has 0 N–H and O–H groups in total. The first-order valence-corrected chi connectivity index (χ1v) is 5.50. The van der Waals surface area contributed by atoms with E-state index in [1.165, 1.54) is 0 Å². The van der Waals surface area contributed by atoms with E-state index in [9.17, 15) is 0 Å². The largest absolute Gasteiger partial charge is 0.421 e. The van der Waals surface area contributed by atoms with E-state index in [2.05, 4.69) is 22.8 Å². The Kier molecular flexibility index (Phi) is 3.28. The molecule has 0 aliphatic carbocycles. The number of halogens is 1. The molecule has 2 aromatic rings. The molecule has 0 aliphatic heterocycles. The van der Waals surface area contributed by atoms with Gasteiger partial charge in [-0.3, -0.25) is 0 Å². The maximum Gasteiger partial charge on any atom is 0.249 e. The molecule has 1 heterocycles. The Bertz CT molecular complexity index is 458. The highest BCUT2D eigenvalue weighted by molar-refractivity contribution is 7.80. The topological polar surface area (TPSA) is 38.9 Å². The summed E-state index contributed by atoms with van der Waals surface area (Å²) in [4.78, 5) is 0. The first-order valence-electron chi connectivity index (χ1n) is 4.49. The number of benzene rings is 1. The molecular weight excluding hydrogens is 232 g/mol. The quantitative estimate of drug-likeness (QED) is 0.839. The highest BCUT2D eigenvalue weighted by atomic mass is 35.5. The summed E-state index contributed by atoms with van der Waals surface area (Å²) in [5.41, 5.74) is 0.761. The zero-order chi connectivity index (χ0) is 10.7. The van der Waals surface area contributed by atoms with Crippen LogP contribution >= 0.6 is 24.2 Å². The van der Waals surface area contributed by atoms with E-state index in [-0.39, 0.29) is 0 Å². The average molecular weight is 241 g/mol. The van der Waals surface area contributed by atoms with Crippen molar-refractivity contribution in [2.75, 3.05) is 5.75 Å².